The van der Waals surface area contributed by atoms with Gasteiger partial charge in [-0.2, -0.15) is 0 Å². The first-order chi connectivity index (χ1) is 10.2. The van der Waals surface area contributed by atoms with E-state index in [0.717, 1.165) is 11.3 Å². The van der Waals surface area contributed by atoms with Gasteiger partial charge in [0.1, 0.15) is 12.2 Å². The van der Waals surface area contributed by atoms with E-state index >= 15 is 0 Å². The van der Waals surface area contributed by atoms with Crippen molar-refractivity contribution >= 4 is 5.97 Å². The summed E-state index contributed by atoms with van der Waals surface area (Å²) >= 11 is 0. The van der Waals surface area contributed by atoms with Crippen molar-refractivity contribution in [3.8, 4) is 16.8 Å². The molecule has 0 saturated carbocycles. The van der Waals surface area contributed by atoms with Crippen LogP contribution in [0.4, 0.5) is 0 Å². The monoisotopic (exact) mass is 279 g/mol. The Kier molecular flexibility index (Phi) is 3.23. The average molecular weight is 279 g/mol. The van der Waals surface area contributed by atoms with Crippen molar-refractivity contribution in [1.29, 1.82) is 0 Å². The molecule has 0 fully saturated rings. The number of hydrogen-bond donors (Lipinski definition) is 1. The number of carbonyl (C=O) groups is 1. The minimum Gasteiger partial charge on any atom is -0.478 e. The second-order valence-corrected chi connectivity index (χ2v) is 4.65. The Morgan fingerprint density at radius 3 is 2.52 bits per heavy atom. The Labute approximate surface area is 121 Å². The van der Waals surface area contributed by atoms with Crippen molar-refractivity contribution in [1.82, 2.24) is 14.8 Å². The number of aromatic nitrogens is 3. The molecule has 1 heterocycles. The molecule has 2 aromatic carbocycles. The van der Waals surface area contributed by atoms with Gasteiger partial charge in [0.05, 0.1) is 5.56 Å². The normalized spacial score (nSPS) is 10.5. The van der Waals surface area contributed by atoms with Crippen molar-refractivity contribution in [2.45, 2.75) is 6.92 Å². The van der Waals surface area contributed by atoms with Gasteiger partial charge in [-0.25, -0.2) is 4.79 Å². The van der Waals surface area contributed by atoms with Crippen LogP contribution in [0.5, 0.6) is 0 Å². The number of hydrogen-bond acceptors (Lipinski definition) is 3. The molecule has 104 valence electrons. The maximum atomic E-state index is 11.6. The Morgan fingerprint density at radius 2 is 1.90 bits per heavy atom. The van der Waals surface area contributed by atoms with Crippen molar-refractivity contribution < 1.29 is 9.90 Å². The van der Waals surface area contributed by atoms with Crippen LogP contribution in [0, 0.1) is 6.92 Å². The predicted molar refractivity (Wildman–Crippen MR) is 78.5 cm³/mol. The number of aromatic carboxylic acids is 1. The zero-order valence-corrected chi connectivity index (χ0v) is 11.4. The topological polar surface area (TPSA) is 68.0 Å². The number of benzene rings is 2. The number of rotatable bonds is 3. The van der Waals surface area contributed by atoms with Crippen LogP contribution >= 0.6 is 0 Å². The van der Waals surface area contributed by atoms with Crippen LogP contribution in [0.1, 0.15) is 16.2 Å². The fourth-order valence-corrected chi connectivity index (χ4v) is 2.27. The van der Waals surface area contributed by atoms with E-state index in [9.17, 15) is 9.90 Å². The van der Waals surface area contributed by atoms with E-state index in [1.54, 1.807) is 17.0 Å². The lowest BCUT2D eigenvalue weighted by molar-refractivity contribution is 0.0697. The standard InChI is InChI=1S/C16H13N3O2/c1-11-18-17-10-19(11)13-7-8-14(15(9-13)16(20)21)12-5-3-2-4-6-12/h2-10H,1H3,(H,20,21). The first kappa shape index (κ1) is 13.1. The van der Waals surface area contributed by atoms with Gasteiger partial charge in [0.15, 0.2) is 0 Å². The van der Waals surface area contributed by atoms with Crippen LogP contribution in [0.25, 0.3) is 16.8 Å². The van der Waals surface area contributed by atoms with Crippen LogP contribution < -0.4 is 0 Å². The summed E-state index contributed by atoms with van der Waals surface area (Å²) < 4.78 is 1.75. The van der Waals surface area contributed by atoms with Gasteiger partial charge in [0, 0.05) is 5.69 Å². The molecule has 21 heavy (non-hydrogen) atoms. The molecule has 1 N–H and O–H groups in total. The number of carboxylic acids is 1. The molecule has 0 radical (unpaired) electrons. The SMILES string of the molecule is Cc1nncn1-c1ccc(-c2ccccc2)c(C(=O)O)c1. The third kappa shape index (κ3) is 2.41. The van der Waals surface area contributed by atoms with Crippen LogP contribution in [-0.4, -0.2) is 25.8 Å². The highest BCUT2D eigenvalue weighted by Crippen LogP contribution is 2.26. The summed E-state index contributed by atoms with van der Waals surface area (Å²) in [6.07, 6.45) is 1.57. The number of carboxylic acid groups (broad SMARTS) is 1. The van der Waals surface area contributed by atoms with E-state index in [2.05, 4.69) is 10.2 Å². The molecule has 5 heteroatoms. The third-order valence-electron chi connectivity index (χ3n) is 3.31. The Hall–Kier alpha value is -2.95. The number of nitrogens with zero attached hydrogens (tertiary/aromatic N) is 3. The summed E-state index contributed by atoms with van der Waals surface area (Å²) in [6.45, 7) is 1.82. The highest BCUT2D eigenvalue weighted by molar-refractivity contribution is 5.96. The second kappa shape index (κ2) is 5.20. The molecule has 3 aromatic rings. The molecule has 0 aliphatic rings. The van der Waals surface area contributed by atoms with Gasteiger partial charge in [-0.05, 0) is 30.2 Å². The average Bonchev–Trinajstić information content (AvgIpc) is 2.93. The largest absolute Gasteiger partial charge is 0.478 e. The fraction of sp³-hybridized carbons (Fsp3) is 0.0625. The third-order valence-corrected chi connectivity index (χ3v) is 3.31. The second-order valence-electron chi connectivity index (χ2n) is 4.65. The molecule has 5 nitrogen and oxygen atoms in total. The lowest BCUT2D eigenvalue weighted by atomic mass is 9.99. The highest BCUT2D eigenvalue weighted by atomic mass is 16.4. The van der Waals surface area contributed by atoms with Gasteiger partial charge in [0.25, 0.3) is 0 Å². The smallest absolute Gasteiger partial charge is 0.336 e. The zero-order chi connectivity index (χ0) is 14.8. The molecule has 0 amide bonds. The van der Waals surface area contributed by atoms with Crippen LogP contribution in [0.15, 0.2) is 54.9 Å². The molecule has 0 unspecified atom stereocenters. The Morgan fingerprint density at radius 1 is 1.14 bits per heavy atom. The fourth-order valence-electron chi connectivity index (χ4n) is 2.27. The maximum Gasteiger partial charge on any atom is 0.336 e. The lowest BCUT2D eigenvalue weighted by Crippen LogP contribution is -2.03. The molecule has 0 spiro atoms. The van der Waals surface area contributed by atoms with Crippen LogP contribution in [-0.2, 0) is 0 Å². The van der Waals surface area contributed by atoms with Crippen molar-refractivity contribution in [2.75, 3.05) is 0 Å². The van der Waals surface area contributed by atoms with Gasteiger partial charge in [-0.3, -0.25) is 4.57 Å². The van der Waals surface area contributed by atoms with Gasteiger partial charge in [0.2, 0.25) is 0 Å². The van der Waals surface area contributed by atoms with E-state index in [-0.39, 0.29) is 5.56 Å². The minimum absolute atomic E-state index is 0.256. The van der Waals surface area contributed by atoms with Gasteiger partial charge in [-0.1, -0.05) is 36.4 Å². The van der Waals surface area contributed by atoms with Gasteiger partial charge in [-0.15, -0.1) is 10.2 Å². The molecule has 0 saturated heterocycles. The van der Waals surface area contributed by atoms with E-state index in [1.165, 1.54) is 0 Å². The summed E-state index contributed by atoms with van der Waals surface area (Å²) in [5.41, 5.74) is 2.56. The van der Waals surface area contributed by atoms with E-state index in [4.69, 9.17) is 0 Å². The molecule has 0 aliphatic heterocycles. The Bertz CT molecular complexity index is 794. The Balaban J connectivity index is 2.16. The molecule has 0 aliphatic carbocycles. The van der Waals surface area contributed by atoms with Crippen molar-refractivity contribution in [2.24, 2.45) is 0 Å². The van der Waals surface area contributed by atoms with Crippen LogP contribution in [0.2, 0.25) is 0 Å². The highest BCUT2D eigenvalue weighted by Gasteiger charge is 2.14. The van der Waals surface area contributed by atoms with Crippen molar-refractivity contribution in [3.63, 3.8) is 0 Å². The summed E-state index contributed by atoms with van der Waals surface area (Å²) in [5, 5.41) is 17.2. The number of aryl methyl sites for hydroxylation is 1. The first-order valence-electron chi connectivity index (χ1n) is 6.46. The van der Waals surface area contributed by atoms with E-state index in [0.29, 0.717) is 11.4 Å². The summed E-state index contributed by atoms with van der Waals surface area (Å²) in [7, 11) is 0. The maximum absolute atomic E-state index is 11.6. The summed E-state index contributed by atoms with van der Waals surface area (Å²) in [5.74, 6) is -0.250. The van der Waals surface area contributed by atoms with Crippen molar-refractivity contribution in [3.05, 3.63) is 66.2 Å². The molecular formula is C16H13N3O2. The predicted octanol–water partition coefficient (Wildman–Crippen LogP) is 2.94. The zero-order valence-electron chi connectivity index (χ0n) is 11.4. The van der Waals surface area contributed by atoms with Gasteiger partial charge < -0.3 is 5.11 Å². The molecular weight excluding hydrogens is 266 g/mol. The lowest BCUT2D eigenvalue weighted by Gasteiger charge is -2.10. The molecule has 1 aromatic heterocycles. The first-order valence-corrected chi connectivity index (χ1v) is 6.46. The van der Waals surface area contributed by atoms with E-state index in [1.807, 2.05) is 49.4 Å². The summed E-state index contributed by atoms with van der Waals surface area (Å²) in [4.78, 5) is 11.6. The summed E-state index contributed by atoms with van der Waals surface area (Å²) in [6, 6.07) is 14.8. The molecule has 0 bridgehead atoms. The quantitative estimate of drug-likeness (QED) is 0.800. The van der Waals surface area contributed by atoms with Gasteiger partial charge >= 0.3 is 5.97 Å². The molecule has 0 atom stereocenters. The van der Waals surface area contributed by atoms with Crippen LogP contribution in [0.3, 0.4) is 0 Å². The molecule has 3 rings (SSSR count). The van der Waals surface area contributed by atoms with E-state index < -0.39 is 5.97 Å². The minimum atomic E-state index is -0.957.